The van der Waals surface area contributed by atoms with Crippen LogP contribution < -0.4 is 15.0 Å². The van der Waals surface area contributed by atoms with Crippen LogP contribution in [0.15, 0.2) is 60.7 Å². The highest BCUT2D eigenvalue weighted by Gasteiger charge is 2.12. The van der Waals surface area contributed by atoms with Crippen LogP contribution in [0.2, 0.25) is 0 Å². The van der Waals surface area contributed by atoms with Gasteiger partial charge in [0.05, 0.1) is 16.9 Å². The fraction of sp³-hybridized carbons (Fsp3) is 0.208. The predicted molar refractivity (Wildman–Crippen MR) is 118 cm³/mol. The zero-order valence-corrected chi connectivity index (χ0v) is 16.8. The number of nitrogens with zero attached hydrogens (tertiary/aromatic N) is 1. The molecule has 0 aliphatic heterocycles. The summed E-state index contributed by atoms with van der Waals surface area (Å²) >= 11 is 0. The predicted octanol–water partition coefficient (Wildman–Crippen LogP) is 4.09. The number of carbonyl (C=O) groups excluding carboxylic acids is 3. The molecule has 1 amide bonds. The molecule has 0 fully saturated rings. The number of hydrogen-bond acceptors (Lipinski definition) is 5. The number of para-hydroxylation sites is 2. The summed E-state index contributed by atoms with van der Waals surface area (Å²) in [6, 6.07) is 18.6. The van der Waals surface area contributed by atoms with Gasteiger partial charge < -0.3 is 19.7 Å². The zero-order chi connectivity index (χ0) is 21.3. The fourth-order valence-electron chi connectivity index (χ4n) is 3.23. The molecule has 0 aliphatic rings. The van der Waals surface area contributed by atoms with Crippen LogP contribution in [-0.2, 0) is 9.59 Å². The van der Waals surface area contributed by atoms with Crippen molar-refractivity contribution >= 4 is 40.6 Å². The van der Waals surface area contributed by atoms with E-state index in [0.717, 1.165) is 35.5 Å². The van der Waals surface area contributed by atoms with Crippen molar-refractivity contribution in [2.24, 2.45) is 0 Å². The molecular formula is C24H24N2O4. The van der Waals surface area contributed by atoms with Crippen LogP contribution in [-0.4, -0.2) is 38.7 Å². The minimum Gasteiger partial charge on any atom is -0.483 e. The Balaban J connectivity index is 1.67. The van der Waals surface area contributed by atoms with E-state index in [1.807, 2.05) is 60.5 Å². The molecule has 0 saturated carbocycles. The largest absolute Gasteiger partial charge is 0.483 e. The highest BCUT2D eigenvalue weighted by atomic mass is 16.5. The van der Waals surface area contributed by atoms with Crippen molar-refractivity contribution < 1.29 is 19.1 Å². The second kappa shape index (κ2) is 10.2. The Morgan fingerprint density at radius 3 is 2.47 bits per heavy atom. The minimum atomic E-state index is -0.325. The number of rotatable bonds is 10. The molecule has 0 heterocycles. The van der Waals surface area contributed by atoms with Gasteiger partial charge in [0, 0.05) is 20.0 Å². The van der Waals surface area contributed by atoms with E-state index in [1.165, 1.54) is 0 Å². The van der Waals surface area contributed by atoms with Crippen molar-refractivity contribution in [2.45, 2.75) is 12.8 Å². The van der Waals surface area contributed by atoms with Crippen molar-refractivity contribution in [2.75, 3.05) is 30.4 Å². The number of amides is 1. The molecule has 6 nitrogen and oxygen atoms in total. The Labute approximate surface area is 175 Å². The van der Waals surface area contributed by atoms with E-state index in [2.05, 4.69) is 5.32 Å². The van der Waals surface area contributed by atoms with Crippen molar-refractivity contribution in [3.63, 3.8) is 0 Å². The van der Waals surface area contributed by atoms with Crippen LogP contribution >= 0.6 is 0 Å². The average Bonchev–Trinajstić information content (AvgIpc) is 2.77. The van der Waals surface area contributed by atoms with Gasteiger partial charge in [0.15, 0.2) is 12.9 Å². The molecular weight excluding hydrogens is 380 g/mol. The summed E-state index contributed by atoms with van der Waals surface area (Å²) in [6.07, 6.45) is 2.86. The first kappa shape index (κ1) is 21.0. The quantitative estimate of drug-likeness (QED) is 0.407. The molecule has 154 valence electrons. The van der Waals surface area contributed by atoms with Gasteiger partial charge >= 0.3 is 0 Å². The maximum Gasteiger partial charge on any atom is 0.262 e. The summed E-state index contributed by atoms with van der Waals surface area (Å²) < 4.78 is 5.65. The molecule has 3 aromatic carbocycles. The van der Waals surface area contributed by atoms with Gasteiger partial charge in [0.2, 0.25) is 0 Å². The van der Waals surface area contributed by atoms with Crippen molar-refractivity contribution in [1.82, 2.24) is 0 Å². The van der Waals surface area contributed by atoms with E-state index < -0.39 is 0 Å². The molecule has 0 atom stereocenters. The summed E-state index contributed by atoms with van der Waals surface area (Å²) in [6.45, 7) is 0.476. The fourth-order valence-corrected chi connectivity index (χ4v) is 3.23. The molecule has 0 aliphatic carbocycles. The summed E-state index contributed by atoms with van der Waals surface area (Å²) in [4.78, 5) is 36.4. The molecule has 6 heteroatoms. The van der Waals surface area contributed by atoms with Crippen molar-refractivity contribution in [1.29, 1.82) is 0 Å². The first-order chi connectivity index (χ1) is 14.6. The number of ether oxygens (including phenoxy) is 1. The van der Waals surface area contributed by atoms with E-state index in [-0.39, 0.29) is 12.5 Å². The van der Waals surface area contributed by atoms with E-state index in [0.29, 0.717) is 30.0 Å². The van der Waals surface area contributed by atoms with Crippen LogP contribution in [0.25, 0.3) is 10.8 Å². The maximum absolute atomic E-state index is 12.5. The van der Waals surface area contributed by atoms with Crippen LogP contribution in [0.5, 0.6) is 5.75 Å². The molecule has 3 rings (SSSR count). The SMILES string of the molecule is CN(CCCC=O)c1ccccc1NC(=O)COc1cc2ccccc2cc1C=O. The maximum atomic E-state index is 12.5. The van der Waals surface area contributed by atoms with Crippen LogP contribution in [0.1, 0.15) is 23.2 Å². The third-order valence-electron chi connectivity index (χ3n) is 4.77. The number of unbranched alkanes of at least 4 members (excludes halogenated alkanes) is 1. The third kappa shape index (κ3) is 5.23. The van der Waals surface area contributed by atoms with E-state index in [1.54, 1.807) is 12.1 Å². The molecule has 30 heavy (non-hydrogen) atoms. The van der Waals surface area contributed by atoms with Gasteiger partial charge in [-0.2, -0.15) is 0 Å². The normalized spacial score (nSPS) is 10.4. The number of carbonyl (C=O) groups is 3. The Bertz CT molecular complexity index is 1050. The molecule has 0 radical (unpaired) electrons. The Morgan fingerprint density at radius 1 is 1.03 bits per heavy atom. The Kier molecular flexibility index (Phi) is 7.16. The van der Waals surface area contributed by atoms with Crippen LogP contribution in [0.3, 0.4) is 0 Å². The number of hydrogen-bond donors (Lipinski definition) is 1. The second-order valence-electron chi connectivity index (χ2n) is 6.94. The molecule has 0 bridgehead atoms. The Hall–Kier alpha value is -3.67. The van der Waals surface area contributed by atoms with Gasteiger partial charge in [-0.3, -0.25) is 9.59 Å². The number of benzene rings is 3. The molecule has 0 aromatic heterocycles. The first-order valence-corrected chi connectivity index (χ1v) is 9.77. The smallest absolute Gasteiger partial charge is 0.262 e. The molecule has 1 N–H and O–H groups in total. The summed E-state index contributed by atoms with van der Waals surface area (Å²) in [5.74, 6) is 0.0480. The third-order valence-corrected chi connectivity index (χ3v) is 4.77. The molecule has 0 spiro atoms. The molecule has 3 aromatic rings. The van der Waals surface area contributed by atoms with Crippen molar-refractivity contribution in [3.8, 4) is 5.75 Å². The topological polar surface area (TPSA) is 75.7 Å². The molecule has 0 unspecified atom stereocenters. The second-order valence-corrected chi connectivity index (χ2v) is 6.94. The summed E-state index contributed by atoms with van der Waals surface area (Å²) in [7, 11) is 1.91. The minimum absolute atomic E-state index is 0.220. The number of fused-ring (bicyclic) bond motifs is 1. The van der Waals surface area contributed by atoms with Gasteiger partial charge in [-0.15, -0.1) is 0 Å². The number of aldehydes is 2. The van der Waals surface area contributed by atoms with Gasteiger partial charge in [0.1, 0.15) is 12.0 Å². The van der Waals surface area contributed by atoms with Gasteiger partial charge in [-0.1, -0.05) is 36.4 Å². The number of nitrogens with one attached hydrogen (secondary N) is 1. The summed E-state index contributed by atoms with van der Waals surface area (Å²) in [5.41, 5.74) is 1.92. The van der Waals surface area contributed by atoms with Crippen LogP contribution in [0, 0.1) is 0 Å². The monoisotopic (exact) mass is 404 g/mol. The lowest BCUT2D eigenvalue weighted by atomic mass is 10.1. The standard InChI is InChI=1S/C24H24N2O4/c1-26(12-6-7-13-27)22-11-5-4-10-21(22)25-24(29)17-30-23-15-19-9-3-2-8-18(19)14-20(23)16-28/h2-5,8-11,13-16H,6-7,12,17H2,1H3,(H,25,29). The lowest BCUT2D eigenvalue weighted by molar-refractivity contribution is -0.118. The van der Waals surface area contributed by atoms with Crippen molar-refractivity contribution in [3.05, 3.63) is 66.2 Å². The highest BCUT2D eigenvalue weighted by molar-refractivity contribution is 5.96. The van der Waals surface area contributed by atoms with E-state index >= 15 is 0 Å². The average molecular weight is 404 g/mol. The highest BCUT2D eigenvalue weighted by Crippen LogP contribution is 2.26. The first-order valence-electron chi connectivity index (χ1n) is 9.77. The lowest BCUT2D eigenvalue weighted by Gasteiger charge is -2.22. The Morgan fingerprint density at radius 2 is 1.73 bits per heavy atom. The van der Waals surface area contributed by atoms with Gasteiger partial charge in [0.25, 0.3) is 5.91 Å². The van der Waals surface area contributed by atoms with Crippen LogP contribution in [0.4, 0.5) is 11.4 Å². The lowest BCUT2D eigenvalue weighted by Crippen LogP contribution is -2.24. The summed E-state index contributed by atoms with van der Waals surface area (Å²) in [5, 5.41) is 4.73. The van der Waals surface area contributed by atoms with E-state index in [4.69, 9.17) is 4.74 Å². The zero-order valence-electron chi connectivity index (χ0n) is 16.8. The van der Waals surface area contributed by atoms with Gasteiger partial charge in [-0.05, 0) is 41.5 Å². The number of anilines is 2. The van der Waals surface area contributed by atoms with E-state index in [9.17, 15) is 14.4 Å². The van der Waals surface area contributed by atoms with Gasteiger partial charge in [-0.25, -0.2) is 0 Å². The molecule has 0 saturated heterocycles.